The van der Waals surface area contributed by atoms with Gasteiger partial charge in [-0.15, -0.1) is 0 Å². The van der Waals surface area contributed by atoms with Crippen LogP contribution in [-0.4, -0.2) is 9.97 Å². The van der Waals surface area contributed by atoms with Crippen LogP contribution in [0, 0.1) is 0 Å². The lowest BCUT2D eigenvalue weighted by atomic mass is 10.2. The van der Waals surface area contributed by atoms with Gasteiger partial charge < -0.3 is 4.98 Å². The van der Waals surface area contributed by atoms with Crippen LogP contribution in [0.1, 0.15) is 0 Å². The topological polar surface area (TPSA) is 45.8 Å². The maximum Gasteiger partial charge on any atom is 0.265 e. The summed E-state index contributed by atoms with van der Waals surface area (Å²) in [4.78, 5) is 18.2. The van der Waals surface area contributed by atoms with Crippen LogP contribution in [0.2, 0.25) is 0 Å². The first kappa shape index (κ1) is 10.6. The van der Waals surface area contributed by atoms with Crippen LogP contribution in [0.5, 0.6) is 0 Å². The number of aromatic amines is 1. The predicted octanol–water partition coefficient (Wildman–Crippen LogP) is 2.96. The Morgan fingerprint density at radius 2 is 1.87 bits per heavy atom. The lowest BCUT2D eigenvalue weighted by Gasteiger charge is -2.02. The van der Waals surface area contributed by atoms with Gasteiger partial charge in [0.05, 0.1) is 0 Å². The Kier molecular flexibility index (Phi) is 3.02. The summed E-state index contributed by atoms with van der Waals surface area (Å²) in [5, 5.41) is 0. The van der Waals surface area contributed by atoms with Gasteiger partial charge in [0.2, 0.25) is 0 Å². The molecule has 0 bridgehead atoms. The first-order valence-corrected chi connectivity index (χ1v) is 5.77. The maximum atomic E-state index is 11.4. The molecule has 76 valence electrons. The fourth-order valence-corrected chi connectivity index (χ4v) is 1.84. The molecule has 2 rings (SSSR count). The Labute approximate surface area is 103 Å². The van der Waals surface area contributed by atoms with E-state index in [1.165, 1.54) is 6.20 Å². The normalized spacial score (nSPS) is 10.3. The number of hydrogen-bond acceptors (Lipinski definition) is 2. The second-order valence-corrected chi connectivity index (χ2v) is 4.60. The van der Waals surface area contributed by atoms with Gasteiger partial charge in [0.15, 0.2) is 0 Å². The molecule has 5 heteroatoms. The molecule has 1 heterocycles. The molecular weight excluding hydrogens is 324 g/mol. The summed E-state index contributed by atoms with van der Waals surface area (Å²) in [7, 11) is 0. The van der Waals surface area contributed by atoms with Crippen LogP contribution < -0.4 is 5.56 Å². The third kappa shape index (κ3) is 2.18. The summed E-state index contributed by atoms with van der Waals surface area (Å²) in [5.41, 5.74) is 0.679. The van der Waals surface area contributed by atoms with E-state index in [1.54, 1.807) is 0 Å². The molecule has 0 aliphatic rings. The van der Waals surface area contributed by atoms with Crippen molar-refractivity contribution in [2.45, 2.75) is 0 Å². The molecule has 0 atom stereocenters. The molecule has 3 nitrogen and oxygen atoms in total. The molecule has 0 fully saturated rings. The molecule has 1 aromatic heterocycles. The maximum absolute atomic E-state index is 11.4. The van der Waals surface area contributed by atoms with Gasteiger partial charge in [-0.25, -0.2) is 4.98 Å². The third-order valence-electron chi connectivity index (χ3n) is 1.88. The van der Waals surface area contributed by atoms with E-state index in [0.717, 1.165) is 10.0 Å². The van der Waals surface area contributed by atoms with Crippen molar-refractivity contribution in [2.24, 2.45) is 0 Å². The van der Waals surface area contributed by atoms with Gasteiger partial charge in [-0.2, -0.15) is 0 Å². The summed E-state index contributed by atoms with van der Waals surface area (Å²) < 4.78 is 1.33. The standard InChI is InChI=1S/C10H6Br2N2O/c11-7-4-2-1-3-6(7)9-13-5-8(12)10(15)14-9/h1-5H,(H,13,14,15). The summed E-state index contributed by atoms with van der Waals surface area (Å²) in [6, 6.07) is 7.58. The quantitative estimate of drug-likeness (QED) is 0.874. The van der Waals surface area contributed by atoms with Crippen molar-refractivity contribution in [2.75, 3.05) is 0 Å². The van der Waals surface area contributed by atoms with Gasteiger partial charge in [0, 0.05) is 16.2 Å². The third-order valence-corrected chi connectivity index (χ3v) is 3.14. The molecule has 15 heavy (non-hydrogen) atoms. The van der Waals surface area contributed by atoms with Crippen molar-refractivity contribution < 1.29 is 0 Å². The molecule has 2 aromatic rings. The molecule has 0 aliphatic carbocycles. The Morgan fingerprint density at radius 3 is 2.53 bits per heavy atom. The minimum Gasteiger partial charge on any atom is -0.306 e. The highest BCUT2D eigenvalue weighted by molar-refractivity contribution is 9.10. The number of hydrogen-bond donors (Lipinski definition) is 1. The fraction of sp³-hybridized carbons (Fsp3) is 0. The first-order valence-electron chi connectivity index (χ1n) is 4.18. The van der Waals surface area contributed by atoms with E-state index >= 15 is 0 Å². The second-order valence-electron chi connectivity index (χ2n) is 2.89. The van der Waals surface area contributed by atoms with Gasteiger partial charge in [-0.05, 0) is 22.0 Å². The van der Waals surface area contributed by atoms with E-state index < -0.39 is 0 Å². The van der Waals surface area contributed by atoms with E-state index in [9.17, 15) is 4.79 Å². The lowest BCUT2D eigenvalue weighted by molar-refractivity contribution is 1.11. The SMILES string of the molecule is O=c1[nH]c(-c2ccccc2Br)ncc1Br. The minimum absolute atomic E-state index is 0.184. The summed E-state index contributed by atoms with van der Waals surface area (Å²) in [6.45, 7) is 0. The zero-order chi connectivity index (χ0) is 10.8. The van der Waals surface area contributed by atoms with E-state index in [0.29, 0.717) is 10.3 Å². The zero-order valence-corrected chi connectivity index (χ0v) is 10.7. The average Bonchev–Trinajstić information content (AvgIpc) is 2.23. The van der Waals surface area contributed by atoms with Crippen molar-refractivity contribution in [1.29, 1.82) is 0 Å². The Morgan fingerprint density at radius 1 is 1.13 bits per heavy atom. The number of nitrogens with zero attached hydrogens (tertiary/aromatic N) is 1. The van der Waals surface area contributed by atoms with Gasteiger partial charge in [-0.3, -0.25) is 4.79 Å². The van der Waals surface area contributed by atoms with Crippen molar-refractivity contribution in [3.63, 3.8) is 0 Å². The first-order chi connectivity index (χ1) is 7.18. The van der Waals surface area contributed by atoms with Crippen LogP contribution in [0.15, 0.2) is 44.2 Å². The molecule has 0 amide bonds. The van der Waals surface area contributed by atoms with Gasteiger partial charge in [-0.1, -0.05) is 34.1 Å². The Bertz CT molecular complexity index is 551. The van der Waals surface area contributed by atoms with Crippen LogP contribution in [0.4, 0.5) is 0 Å². The van der Waals surface area contributed by atoms with Crippen LogP contribution in [0.3, 0.4) is 0 Å². The smallest absolute Gasteiger partial charge is 0.265 e. The largest absolute Gasteiger partial charge is 0.306 e. The highest BCUT2D eigenvalue weighted by Gasteiger charge is 2.05. The van der Waals surface area contributed by atoms with Gasteiger partial charge in [0.1, 0.15) is 10.3 Å². The average molecular weight is 330 g/mol. The van der Waals surface area contributed by atoms with Crippen molar-refractivity contribution >= 4 is 31.9 Å². The van der Waals surface area contributed by atoms with E-state index in [-0.39, 0.29) is 5.56 Å². The van der Waals surface area contributed by atoms with Gasteiger partial charge in [0.25, 0.3) is 5.56 Å². The lowest BCUT2D eigenvalue weighted by Crippen LogP contribution is -2.08. The number of nitrogens with one attached hydrogen (secondary N) is 1. The number of benzene rings is 1. The summed E-state index contributed by atoms with van der Waals surface area (Å²) in [6.07, 6.45) is 1.49. The molecule has 0 unspecified atom stereocenters. The number of aromatic nitrogens is 2. The summed E-state index contributed by atoms with van der Waals surface area (Å²) >= 11 is 6.50. The molecule has 0 spiro atoms. The number of halogens is 2. The molecular formula is C10H6Br2N2O. The van der Waals surface area contributed by atoms with Crippen molar-refractivity contribution in [1.82, 2.24) is 9.97 Å². The second kappa shape index (κ2) is 4.28. The molecule has 1 N–H and O–H groups in total. The Balaban J connectivity index is 2.60. The number of rotatable bonds is 1. The fourth-order valence-electron chi connectivity index (χ4n) is 1.17. The van der Waals surface area contributed by atoms with E-state index in [2.05, 4.69) is 41.8 Å². The molecule has 0 saturated heterocycles. The zero-order valence-electron chi connectivity index (χ0n) is 7.50. The highest BCUT2D eigenvalue weighted by atomic mass is 79.9. The molecule has 0 aliphatic heterocycles. The van der Waals surface area contributed by atoms with E-state index in [1.807, 2.05) is 24.3 Å². The van der Waals surface area contributed by atoms with E-state index in [4.69, 9.17) is 0 Å². The minimum atomic E-state index is -0.184. The highest BCUT2D eigenvalue weighted by Crippen LogP contribution is 2.24. The summed E-state index contributed by atoms with van der Waals surface area (Å²) in [5.74, 6) is 0.552. The van der Waals surface area contributed by atoms with Crippen molar-refractivity contribution in [3.05, 3.63) is 49.8 Å². The van der Waals surface area contributed by atoms with Crippen molar-refractivity contribution in [3.8, 4) is 11.4 Å². The van der Waals surface area contributed by atoms with Crippen LogP contribution in [0.25, 0.3) is 11.4 Å². The monoisotopic (exact) mass is 328 g/mol. The molecule has 1 aromatic carbocycles. The molecule has 0 saturated carbocycles. The molecule has 0 radical (unpaired) electrons. The van der Waals surface area contributed by atoms with Gasteiger partial charge >= 0.3 is 0 Å². The Hall–Kier alpha value is -0.940. The number of H-pyrrole nitrogens is 1. The van der Waals surface area contributed by atoms with Crippen LogP contribution >= 0.6 is 31.9 Å². The predicted molar refractivity (Wildman–Crippen MR) is 65.7 cm³/mol. The van der Waals surface area contributed by atoms with Crippen LogP contribution in [-0.2, 0) is 0 Å².